The van der Waals surface area contributed by atoms with Crippen molar-refractivity contribution in [1.29, 1.82) is 0 Å². The van der Waals surface area contributed by atoms with Crippen LogP contribution >= 0.6 is 0 Å². The standard InChI is InChI=1S/C60H47N/c1-3-16-42(17-4-1)43-32-34-44(35-33-43)45-36-39-49(40-37-45)61(58-30-11-9-24-55(58)53-28-15-27-52-50-23-8-7-20-47(50)38-41-54(52)53)59-31-12-10-25-56(59)57-29-14-22-48-21-13-26-51(60(48)57)46-18-5-2-6-19-46/h1,3-4,7-17,20-41,46H,2,5-6,18-19H2. The van der Waals surface area contributed by atoms with E-state index in [2.05, 4.69) is 223 Å². The molecule has 1 aliphatic rings. The van der Waals surface area contributed by atoms with Crippen molar-refractivity contribution in [2.45, 2.75) is 38.0 Å². The fourth-order valence-corrected chi connectivity index (χ4v) is 10.1. The summed E-state index contributed by atoms with van der Waals surface area (Å²) in [7, 11) is 0. The Morgan fingerprint density at radius 2 is 0.820 bits per heavy atom. The van der Waals surface area contributed by atoms with Crippen LogP contribution in [0.2, 0.25) is 0 Å². The Bertz CT molecular complexity index is 3150. The Kier molecular flexibility index (Phi) is 9.71. The van der Waals surface area contributed by atoms with Gasteiger partial charge in [0.25, 0.3) is 0 Å². The van der Waals surface area contributed by atoms with Gasteiger partial charge in [0.2, 0.25) is 0 Å². The van der Waals surface area contributed by atoms with Crippen molar-refractivity contribution >= 4 is 49.4 Å². The van der Waals surface area contributed by atoms with Crippen molar-refractivity contribution in [3.63, 3.8) is 0 Å². The van der Waals surface area contributed by atoms with Gasteiger partial charge in [0.15, 0.2) is 0 Å². The zero-order chi connectivity index (χ0) is 40.5. The Labute approximate surface area is 359 Å². The number of hydrogen-bond acceptors (Lipinski definition) is 1. The molecule has 0 saturated heterocycles. The average molecular weight is 782 g/mol. The van der Waals surface area contributed by atoms with E-state index in [-0.39, 0.29) is 0 Å². The quantitative estimate of drug-likeness (QED) is 0.139. The monoisotopic (exact) mass is 781 g/mol. The number of hydrogen-bond donors (Lipinski definition) is 0. The van der Waals surface area contributed by atoms with Gasteiger partial charge in [0.1, 0.15) is 0 Å². The first-order valence-corrected chi connectivity index (χ1v) is 22.0. The number of benzene rings is 10. The molecule has 0 bridgehead atoms. The van der Waals surface area contributed by atoms with E-state index in [4.69, 9.17) is 0 Å². The second-order valence-corrected chi connectivity index (χ2v) is 16.6. The highest BCUT2D eigenvalue weighted by Gasteiger charge is 2.24. The molecule has 1 saturated carbocycles. The maximum Gasteiger partial charge on any atom is 0.0540 e. The molecule has 292 valence electrons. The first kappa shape index (κ1) is 36.8. The predicted octanol–water partition coefficient (Wildman–Crippen LogP) is 17.3. The number of para-hydroxylation sites is 2. The van der Waals surface area contributed by atoms with E-state index in [1.165, 1.54) is 114 Å². The molecule has 0 radical (unpaired) electrons. The molecule has 11 rings (SSSR count). The van der Waals surface area contributed by atoms with Crippen molar-refractivity contribution in [3.05, 3.63) is 224 Å². The van der Waals surface area contributed by atoms with Gasteiger partial charge in [-0.3, -0.25) is 0 Å². The second-order valence-electron chi connectivity index (χ2n) is 16.6. The zero-order valence-electron chi connectivity index (χ0n) is 34.3. The lowest BCUT2D eigenvalue weighted by atomic mass is 9.80. The molecule has 1 nitrogen and oxygen atoms in total. The predicted molar refractivity (Wildman–Crippen MR) is 261 cm³/mol. The van der Waals surface area contributed by atoms with Crippen LogP contribution in [0.5, 0.6) is 0 Å². The Hall–Kier alpha value is -7.22. The molecule has 1 aliphatic carbocycles. The van der Waals surface area contributed by atoms with Gasteiger partial charge in [-0.25, -0.2) is 0 Å². The van der Waals surface area contributed by atoms with Gasteiger partial charge in [-0.15, -0.1) is 0 Å². The highest BCUT2D eigenvalue weighted by molar-refractivity contribution is 6.13. The molecule has 0 heterocycles. The van der Waals surface area contributed by atoms with Crippen molar-refractivity contribution in [2.24, 2.45) is 0 Å². The average Bonchev–Trinajstić information content (AvgIpc) is 3.34. The Morgan fingerprint density at radius 1 is 0.311 bits per heavy atom. The molecule has 0 unspecified atom stereocenters. The van der Waals surface area contributed by atoms with Crippen molar-refractivity contribution < 1.29 is 0 Å². The minimum atomic E-state index is 0.583. The maximum absolute atomic E-state index is 2.51. The molecule has 0 aliphatic heterocycles. The summed E-state index contributed by atoms with van der Waals surface area (Å²) in [6.07, 6.45) is 6.48. The van der Waals surface area contributed by atoms with E-state index in [0.717, 1.165) is 17.1 Å². The lowest BCUT2D eigenvalue weighted by Crippen LogP contribution is -2.12. The fourth-order valence-electron chi connectivity index (χ4n) is 10.1. The van der Waals surface area contributed by atoms with E-state index in [0.29, 0.717) is 5.92 Å². The summed E-state index contributed by atoms with van der Waals surface area (Å²) >= 11 is 0. The summed E-state index contributed by atoms with van der Waals surface area (Å²) in [5.74, 6) is 0.583. The van der Waals surface area contributed by atoms with Crippen LogP contribution in [0.15, 0.2) is 218 Å². The highest BCUT2D eigenvalue weighted by Crippen LogP contribution is 2.48. The molecule has 61 heavy (non-hydrogen) atoms. The maximum atomic E-state index is 2.51. The van der Waals surface area contributed by atoms with E-state index in [1.807, 2.05) is 0 Å². The normalized spacial score (nSPS) is 13.2. The van der Waals surface area contributed by atoms with Crippen molar-refractivity contribution in [2.75, 3.05) is 4.90 Å². The first-order chi connectivity index (χ1) is 30.3. The summed E-state index contributed by atoms with van der Waals surface area (Å²) < 4.78 is 0. The summed E-state index contributed by atoms with van der Waals surface area (Å²) in [5.41, 5.74) is 14.7. The topological polar surface area (TPSA) is 3.24 Å². The third-order valence-corrected chi connectivity index (χ3v) is 13.1. The molecular weight excluding hydrogens is 735 g/mol. The molecule has 10 aromatic carbocycles. The van der Waals surface area contributed by atoms with Crippen LogP contribution in [0.25, 0.3) is 76.8 Å². The first-order valence-electron chi connectivity index (χ1n) is 22.0. The molecule has 1 heteroatoms. The van der Waals surface area contributed by atoms with Gasteiger partial charge in [0.05, 0.1) is 11.4 Å². The van der Waals surface area contributed by atoms with Crippen LogP contribution in [0.1, 0.15) is 43.6 Å². The van der Waals surface area contributed by atoms with Gasteiger partial charge in [-0.05, 0) is 114 Å². The largest absolute Gasteiger partial charge is 0.309 e. The highest BCUT2D eigenvalue weighted by atomic mass is 15.1. The molecule has 10 aromatic rings. The molecule has 1 fully saturated rings. The Balaban J connectivity index is 1.10. The number of anilines is 3. The van der Waals surface area contributed by atoms with Crippen LogP contribution in [0, 0.1) is 0 Å². The van der Waals surface area contributed by atoms with Gasteiger partial charge in [-0.2, -0.15) is 0 Å². The summed E-state index contributed by atoms with van der Waals surface area (Å²) in [4.78, 5) is 2.51. The van der Waals surface area contributed by atoms with E-state index in [1.54, 1.807) is 0 Å². The zero-order valence-corrected chi connectivity index (χ0v) is 34.3. The second kappa shape index (κ2) is 16.1. The molecule has 0 N–H and O–H groups in total. The van der Waals surface area contributed by atoms with Gasteiger partial charge in [-0.1, -0.05) is 213 Å². The Morgan fingerprint density at radius 3 is 1.54 bits per heavy atom. The van der Waals surface area contributed by atoms with Crippen LogP contribution in [0.3, 0.4) is 0 Å². The van der Waals surface area contributed by atoms with Crippen LogP contribution in [-0.2, 0) is 0 Å². The molecule has 0 aromatic heterocycles. The van der Waals surface area contributed by atoms with Crippen LogP contribution < -0.4 is 4.90 Å². The van der Waals surface area contributed by atoms with Gasteiger partial charge in [0, 0.05) is 16.8 Å². The van der Waals surface area contributed by atoms with Crippen molar-refractivity contribution in [1.82, 2.24) is 0 Å². The minimum absolute atomic E-state index is 0.583. The summed E-state index contributed by atoms with van der Waals surface area (Å²) in [6.45, 7) is 0. The van der Waals surface area contributed by atoms with Crippen LogP contribution in [0.4, 0.5) is 17.1 Å². The number of nitrogens with zero attached hydrogens (tertiary/aromatic N) is 1. The van der Waals surface area contributed by atoms with Crippen LogP contribution in [-0.4, -0.2) is 0 Å². The number of fused-ring (bicyclic) bond motifs is 4. The van der Waals surface area contributed by atoms with E-state index >= 15 is 0 Å². The van der Waals surface area contributed by atoms with E-state index < -0.39 is 0 Å². The van der Waals surface area contributed by atoms with E-state index in [9.17, 15) is 0 Å². The smallest absolute Gasteiger partial charge is 0.0540 e. The van der Waals surface area contributed by atoms with Gasteiger partial charge < -0.3 is 4.90 Å². The minimum Gasteiger partial charge on any atom is -0.309 e. The molecule has 0 atom stereocenters. The van der Waals surface area contributed by atoms with Crippen molar-refractivity contribution in [3.8, 4) is 44.5 Å². The summed E-state index contributed by atoms with van der Waals surface area (Å²) in [5, 5.41) is 7.77. The molecule has 0 amide bonds. The lowest BCUT2D eigenvalue weighted by molar-refractivity contribution is 0.445. The molecule has 0 spiro atoms. The third kappa shape index (κ3) is 6.87. The third-order valence-electron chi connectivity index (χ3n) is 13.1. The molecular formula is C60H47N. The summed E-state index contributed by atoms with van der Waals surface area (Å²) in [6, 6.07) is 80.8. The SMILES string of the molecule is c1ccc(-c2ccc(-c3ccc(N(c4ccccc4-c4cccc5c4ccc4ccccc45)c4ccccc4-c4cccc5cccc(C6CCCCC6)c45)cc3)cc2)cc1. The van der Waals surface area contributed by atoms with Gasteiger partial charge >= 0.3 is 0 Å². The lowest BCUT2D eigenvalue weighted by Gasteiger charge is -2.31. The number of rotatable bonds is 8. The fraction of sp³-hybridized carbons (Fsp3) is 0.100.